The molecule has 0 fully saturated rings. The number of allylic oxidation sites excluding steroid dienone is 1. The van der Waals surface area contributed by atoms with Gasteiger partial charge in [-0.3, -0.25) is 0 Å². The fourth-order valence-corrected chi connectivity index (χ4v) is 2.32. The van der Waals surface area contributed by atoms with Crippen molar-refractivity contribution >= 4 is 19.0 Å². The molecule has 0 spiro atoms. The van der Waals surface area contributed by atoms with Gasteiger partial charge in [-0.15, -0.1) is 6.58 Å². The first-order valence-corrected chi connectivity index (χ1v) is 6.90. The smallest absolute Gasteiger partial charge is 0.227 e. The molecule has 0 aliphatic heterocycles. The first-order chi connectivity index (χ1) is 9.20. The van der Waals surface area contributed by atoms with Gasteiger partial charge in [-0.2, -0.15) is 0 Å². The molecule has 0 aromatic heterocycles. The average molecular weight is 273 g/mol. The zero-order chi connectivity index (χ0) is 13.7. The van der Waals surface area contributed by atoms with Gasteiger partial charge >= 0.3 is 8.25 Å². The SMILES string of the molecule is C=CCC(=C)O[P+](=O)Oc1cccc2ccccc12. The Morgan fingerprint density at radius 3 is 2.74 bits per heavy atom. The molecule has 2 aromatic rings. The van der Waals surface area contributed by atoms with E-state index >= 15 is 0 Å². The van der Waals surface area contributed by atoms with Gasteiger partial charge in [-0.05, 0) is 11.5 Å². The molecule has 4 heteroatoms. The van der Waals surface area contributed by atoms with Gasteiger partial charge in [0, 0.05) is 16.4 Å². The van der Waals surface area contributed by atoms with Crippen LogP contribution in [0.3, 0.4) is 0 Å². The summed E-state index contributed by atoms with van der Waals surface area (Å²) in [5.74, 6) is 0.905. The molecule has 3 nitrogen and oxygen atoms in total. The lowest BCUT2D eigenvalue weighted by Gasteiger charge is -2.00. The van der Waals surface area contributed by atoms with Gasteiger partial charge in [-0.25, -0.2) is 9.05 Å². The zero-order valence-electron chi connectivity index (χ0n) is 10.4. The minimum Gasteiger partial charge on any atom is -0.227 e. The quantitative estimate of drug-likeness (QED) is 0.423. The van der Waals surface area contributed by atoms with Gasteiger partial charge < -0.3 is 0 Å². The van der Waals surface area contributed by atoms with Gasteiger partial charge in [0.05, 0.1) is 0 Å². The molecule has 19 heavy (non-hydrogen) atoms. The predicted octanol–water partition coefficient (Wildman–Crippen LogP) is 4.98. The Morgan fingerprint density at radius 1 is 1.21 bits per heavy atom. The van der Waals surface area contributed by atoms with E-state index in [1.54, 1.807) is 12.1 Å². The van der Waals surface area contributed by atoms with Crippen LogP contribution in [0.25, 0.3) is 10.8 Å². The lowest BCUT2D eigenvalue weighted by atomic mass is 10.1. The Balaban J connectivity index is 2.15. The third-order valence-corrected chi connectivity index (χ3v) is 3.25. The normalized spacial score (nSPS) is 10.8. The molecule has 0 heterocycles. The summed E-state index contributed by atoms with van der Waals surface area (Å²) in [7, 11) is -2.28. The number of rotatable bonds is 6. The van der Waals surface area contributed by atoms with Crippen LogP contribution in [0, 0.1) is 0 Å². The monoisotopic (exact) mass is 273 g/mol. The van der Waals surface area contributed by atoms with Crippen molar-refractivity contribution in [2.24, 2.45) is 0 Å². The highest BCUT2D eigenvalue weighted by molar-refractivity contribution is 7.34. The van der Waals surface area contributed by atoms with Crippen LogP contribution in [0.2, 0.25) is 0 Å². The van der Waals surface area contributed by atoms with Gasteiger partial charge in [-0.1, -0.05) is 49.1 Å². The summed E-state index contributed by atoms with van der Waals surface area (Å²) in [6, 6.07) is 13.3. The van der Waals surface area contributed by atoms with Crippen molar-refractivity contribution in [3.63, 3.8) is 0 Å². The maximum atomic E-state index is 11.7. The third-order valence-electron chi connectivity index (χ3n) is 2.50. The van der Waals surface area contributed by atoms with Crippen molar-refractivity contribution in [3.8, 4) is 5.75 Å². The fourth-order valence-electron chi connectivity index (χ4n) is 1.68. The fraction of sp³-hybridized carbons (Fsp3) is 0.0667. The van der Waals surface area contributed by atoms with Crippen molar-refractivity contribution in [1.82, 2.24) is 0 Å². The van der Waals surface area contributed by atoms with Crippen molar-refractivity contribution in [1.29, 1.82) is 0 Å². The first kappa shape index (κ1) is 13.3. The van der Waals surface area contributed by atoms with E-state index in [-0.39, 0.29) is 0 Å². The zero-order valence-corrected chi connectivity index (χ0v) is 11.3. The lowest BCUT2D eigenvalue weighted by Crippen LogP contribution is -1.88. The van der Waals surface area contributed by atoms with E-state index in [2.05, 4.69) is 13.2 Å². The summed E-state index contributed by atoms with van der Waals surface area (Å²) in [6.45, 7) is 7.19. The molecule has 0 radical (unpaired) electrons. The molecule has 0 amide bonds. The molecule has 96 valence electrons. The molecule has 0 N–H and O–H groups in total. The highest BCUT2D eigenvalue weighted by Gasteiger charge is 2.25. The molecule has 1 atom stereocenters. The highest BCUT2D eigenvalue weighted by atomic mass is 31.1. The van der Waals surface area contributed by atoms with E-state index < -0.39 is 8.25 Å². The van der Waals surface area contributed by atoms with E-state index in [0.717, 1.165) is 10.8 Å². The second-order valence-corrected chi connectivity index (χ2v) is 4.73. The van der Waals surface area contributed by atoms with Crippen LogP contribution < -0.4 is 4.52 Å². The van der Waals surface area contributed by atoms with Crippen LogP contribution in [0.1, 0.15) is 6.42 Å². The second-order valence-electron chi connectivity index (χ2n) is 3.91. The number of fused-ring (bicyclic) bond motifs is 1. The maximum Gasteiger partial charge on any atom is 0.805 e. The van der Waals surface area contributed by atoms with Crippen LogP contribution in [0.4, 0.5) is 0 Å². The van der Waals surface area contributed by atoms with Gasteiger partial charge in [0.1, 0.15) is 0 Å². The predicted molar refractivity (Wildman–Crippen MR) is 77.2 cm³/mol. The molecular formula is C15H14O3P+. The van der Waals surface area contributed by atoms with Crippen molar-refractivity contribution in [2.45, 2.75) is 6.42 Å². The molecule has 0 aliphatic rings. The summed E-state index contributed by atoms with van der Waals surface area (Å²) < 4.78 is 22.2. The first-order valence-electron chi connectivity index (χ1n) is 5.80. The molecule has 1 unspecified atom stereocenters. The Kier molecular flexibility index (Phi) is 4.32. The molecule has 0 saturated heterocycles. The molecule has 0 aliphatic carbocycles. The molecule has 2 aromatic carbocycles. The van der Waals surface area contributed by atoms with Crippen LogP contribution in [0.15, 0.2) is 67.5 Å². The second kappa shape index (κ2) is 6.17. The van der Waals surface area contributed by atoms with Gasteiger partial charge in [0.25, 0.3) is 0 Å². The van der Waals surface area contributed by atoms with Crippen molar-refractivity contribution in [2.75, 3.05) is 0 Å². The van der Waals surface area contributed by atoms with E-state index in [1.807, 2.05) is 36.4 Å². The van der Waals surface area contributed by atoms with Gasteiger partial charge in [0.2, 0.25) is 0 Å². The Bertz CT molecular complexity index is 629. The average Bonchev–Trinajstić information content (AvgIpc) is 2.39. The highest BCUT2D eigenvalue weighted by Crippen LogP contribution is 2.35. The summed E-state index contributed by atoms with van der Waals surface area (Å²) in [5.41, 5.74) is 0. The van der Waals surface area contributed by atoms with Crippen LogP contribution in [-0.4, -0.2) is 0 Å². The summed E-state index contributed by atoms with van der Waals surface area (Å²) in [4.78, 5) is 0. The van der Waals surface area contributed by atoms with E-state index in [4.69, 9.17) is 9.05 Å². The van der Waals surface area contributed by atoms with Crippen LogP contribution >= 0.6 is 8.25 Å². The maximum absolute atomic E-state index is 11.7. The molecule has 2 rings (SSSR count). The summed E-state index contributed by atoms with van der Waals surface area (Å²) in [5, 5.41) is 1.92. The standard InChI is InChI=1S/C15H14O3P/c1-3-7-12(2)17-19(16)18-15-11-6-9-13-8-4-5-10-14(13)15/h3-6,8-11H,1-2,7H2/q+1. The number of hydrogen-bond donors (Lipinski definition) is 0. The minimum absolute atomic E-state index is 0.372. The van der Waals surface area contributed by atoms with E-state index in [0.29, 0.717) is 17.9 Å². The van der Waals surface area contributed by atoms with Crippen LogP contribution in [-0.2, 0) is 9.09 Å². The summed E-state index contributed by atoms with van der Waals surface area (Å²) in [6.07, 6.45) is 2.07. The Labute approximate surface area is 113 Å². The molecular weight excluding hydrogens is 259 g/mol. The number of benzene rings is 2. The third kappa shape index (κ3) is 3.43. The van der Waals surface area contributed by atoms with Crippen molar-refractivity contribution < 1.29 is 13.6 Å². The van der Waals surface area contributed by atoms with E-state index in [1.165, 1.54) is 0 Å². The largest absolute Gasteiger partial charge is 0.805 e. The van der Waals surface area contributed by atoms with Crippen molar-refractivity contribution in [3.05, 3.63) is 67.5 Å². The van der Waals surface area contributed by atoms with Gasteiger partial charge in [0.15, 0.2) is 11.5 Å². The Morgan fingerprint density at radius 2 is 1.95 bits per heavy atom. The number of hydrogen-bond acceptors (Lipinski definition) is 3. The topological polar surface area (TPSA) is 35.5 Å². The lowest BCUT2D eigenvalue weighted by molar-refractivity contribution is 0.354. The minimum atomic E-state index is -2.28. The molecule has 0 bridgehead atoms. The summed E-state index contributed by atoms with van der Waals surface area (Å²) >= 11 is 0. The molecule has 0 saturated carbocycles. The van der Waals surface area contributed by atoms with E-state index in [9.17, 15) is 4.57 Å². The van der Waals surface area contributed by atoms with Crippen LogP contribution in [0.5, 0.6) is 5.75 Å². The Hall–Kier alpha value is -2.12.